The Balaban J connectivity index is 1.59. The fourth-order valence-corrected chi connectivity index (χ4v) is 7.44. The number of rotatable bonds is 6. The van der Waals surface area contributed by atoms with Crippen LogP contribution in [0.25, 0.3) is 0 Å². The van der Waals surface area contributed by atoms with E-state index in [1.807, 2.05) is 23.6 Å². The number of pyridine rings is 1. The van der Waals surface area contributed by atoms with Crippen molar-refractivity contribution in [3.8, 4) is 0 Å². The van der Waals surface area contributed by atoms with Gasteiger partial charge in [-0.15, -0.1) is 6.58 Å². The number of alkyl halides is 3. The maximum Gasteiger partial charge on any atom is 0.417 e. The van der Waals surface area contributed by atoms with Crippen LogP contribution in [0.4, 0.5) is 19.0 Å². The summed E-state index contributed by atoms with van der Waals surface area (Å²) in [6.07, 6.45) is -1.84. The molecule has 2 aliphatic rings. The Labute approximate surface area is 208 Å². The van der Waals surface area contributed by atoms with Gasteiger partial charge in [-0.2, -0.15) is 13.2 Å². The molecular formula is C25H28F3N3O4S. The molecule has 0 spiro atoms. The van der Waals surface area contributed by atoms with Crippen molar-refractivity contribution in [2.75, 3.05) is 18.0 Å². The molecule has 0 radical (unpaired) electrons. The molecule has 0 amide bonds. The van der Waals surface area contributed by atoms with Gasteiger partial charge in [-0.3, -0.25) is 9.69 Å². The summed E-state index contributed by atoms with van der Waals surface area (Å²) in [6.45, 7) is 8.22. The zero-order chi connectivity index (χ0) is 26.4. The molecule has 4 unspecified atom stereocenters. The lowest BCUT2D eigenvalue weighted by Gasteiger charge is -2.47. The van der Waals surface area contributed by atoms with E-state index in [2.05, 4.69) is 11.6 Å². The van der Waals surface area contributed by atoms with E-state index in [0.717, 1.165) is 17.8 Å². The maximum absolute atomic E-state index is 13.9. The molecule has 4 rings (SSSR count). The second-order valence-corrected chi connectivity index (χ2v) is 11.5. The molecule has 1 aliphatic carbocycles. The third kappa shape index (κ3) is 4.73. The van der Waals surface area contributed by atoms with E-state index < -0.39 is 38.8 Å². The Morgan fingerprint density at radius 2 is 1.83 bits per heavy atom. The summed E-state index contributed by atoms with van der Waals surface area (Å²) < 4.78 is 66.5. The lowest BCUT2D eigenvalue weighted by atomic mass is 10.1. The highest BCUT2D eigenvalue weighted by atomic mass is 32.2. The average molecular weight is 524 g/mol. The molecule has 7 nitrogen and oxygen atoms in total. The van der Waals surface area contributed by atoms with Crippen LogP contribution in [0.5, 0.6) is 0 Å². The van der Waals surface area contributed by atoms with Gasteiger partial charge in [-0.1, -0.05) is 18.2 Å². The highest BCUT2D eigenvalue weighted by Crippen LogP contribution is 2.36. The molecule has 4 atom stereocenters. The van der Waals surface area contributed by atoms with Gasteiger partial charge in [0, 0.05) is 31.4 Å². The number of hydrogen-bond acceptors (Lipinski definition) is 6. The number of halogens is 3. The van der Waals surface area contributed by atoms with Crippen LogP contribution in [0.3, 0.4) is 0 Å². The largest absolute Gasteiger partial charge is 0.481 e. The van der Waals surface area contributed by atoms with Gasteiger partial charge in [0.1, 0.15) is 11.2 Å². The number of benzene rings is 1. The molecule has 1 aromatic carbocycles. The summed E-state index contributed by atoms with van der Waals surface area (Å²) in [6, 6.07) is 6.65. The fourth-order valence-electron chi connectivity index (χ4n) is 5.36. The molecule has 194 valence electrons. The van der Waals surface area contributed by atoms with E-state index in [-0.39, 0.29) is 23.4 Å². The van der Waals surface area contributed by atoms with Crippen LogP contribution in [0.1, 0.15) is 30.5 Å². The van der Waals surface area contributed by atoms with Gasteiger partial charge in [-0.05, 0) is 56.0 Å². The minimum Gasteiger partial charge on any atom is -0.481 e. The second kappa shape index (κ2) is 9.51. The van der Waals surface area contributed by atoms with E-state index in [1.165, 1.54) is 18.2 Å². The maximum atomic E-state index is 13.9. The number of carbonyl (C=O) groups is 1. The number of sulfone groups is 1. The summed E-state index contributed by atoms with van der Waals surface area (Å²) in [5.74, 6) is -1.22. The SMILES string of the molecule is C=CC(N1C(C)CN(c2ccc(C(F)(F)F)cn2)CC1C)S(=O)(=O)c1cccc2c1CC(C(=O)O)C2. The monoisotopic (exact) mass is 523 g/mol. The van der Waals surface area contributed by atoms with Crippen LogP contribution in [0, 0.1) is 5.92 Å². The van der Waals surface area contributed by atoms with Crippen molar-refractivity contribution >= 4 is 21.6 Å². The van der Waals surface area contributed by atoms with Crippen molar-refractivity contribution in [3.63, 3.8) is 0 Å². The predicted octanol–water partition coefficient (Wildman–Crippen LogP) is 3.78. The summed E-state index contributed by atoms with van der Waals surface area (Å²) in [5.41, 5.74) is 0.444. The van der Waals surface area contributed by atoms with E-state index in [9.17, 15) is 31.5 Å². The minimum atomic E-state index is -4.47. The van der Waals surface area contributed by atoms with Crippen LogP contribution in [0.15, 0.2) is 54.1 Å². The average Bonchev–Trinajstić information content (AvgIpc) is 3.25. The highest BCUT2D eigenvalue weighted by molar-refractivity contribution is 7.92. The van der Waals surface area contributed by atoms with Crippen molar-refractivity contribution in [1.82, 2.24) is 9.88 Å². The van der Waals surface area contributed by atoms with Gasteiger partial charge in [0.15, 0.2) is 9.84 Å². The van der Waals surface area contributed by atoms with Gasteiger partial charge in [-0.25, -0.2) is 13.4 Å². The Hall–Kier alpha value is -2.92. The van der Waals surface area contributed by atoms with Crippen molar-refractivity contribution in [3.05, 3.63) is 65.9 Å². The predicted molar refractivity (Wildman–Crippen MR) is 128 cm³/mol. The van der Waals surface area contributed by atoms with Gasteiger partial charge in [0.05, 0.1) is 16.4 Å². The molecule has 1 N–H and O–H groups in total. The molecule has 2 heterocycles. The van der Waals surface area contributed by atoms with Gasteiger partial charge in [0.25, 0.3) is 0 Å². The number of aliphatic carboxylic acids is 1. The minimum absolute atomic E-state index is 0.125. The van der Waals surface area contributed by atoms with Crippen LogP contribution in [-0.2, 0) is 33.6 Å². The number of hydrogen-bond donors (Lipinski definition) is 1. The zero-order valence-corrected chi connectivity index (χ0v) is 20.8. The Bertz CT molecular complexity index is 1250. The third-order valence-corrected chi connectivity index (χ3v) is 9.07. The van der Waals surface area contributed by atoms with Crippen molar-refractivity contribution in [2.24, 2.45) is 5.92 Å². The molecule has 0 saturated carbocycles. The first kappa shape index (κ1) is 26.2. The van der Waals surface area contributed by atoms with Crippen LogP contribution >= 0.6 is 0 Å². The van der Waals surface area contributed by atoms with Gasteiger partial charge >= 0.3 is 12.1 Å². The van der Waals surface area contributed by atoms with Crippen LogP contribution in [-0.4, -0.2) is 59.9 Å². The zero-order valence-electron chi connectivity index (χ0n) is 19.9. The molecule has 1 aromatic heterocycles. The molecule has 1 saturated heterocycles. The topological polar surface area (TPSA) is 90.8 Å². The van der Waals surface area contributed by atoms with Crippen molar-refractivity contribution in [1.29, 1.82) is 0 Å². The third-order valence-electron chi connectivity index (χ3n) is 7.00. The normalized spacial score (nSPS) is 23.8. The number of anilines is 1. The van der Waals surface area contributed by atoms with Crippen LogP contribution in [0.2, 0.25) is 0 Å². The Morgan fingerprint density at radius 3 is 2.36 bits per heavy atom. The number of fused-ring (bicyclic) bond motifs is 1. The summed E-state index contributed by atoms with van der Waals surface area (Å²) in [4.78, 5) is 19.3. The smallest absolute Gasteiger partial charge is 0.417 e. The Kier molecular flexibility index (Phi) is 6.91. The van der Waals surface area contributed by atoms with Crippen molar-refractivity contribution < 1.29 is 31.5 Å². The Morgan fingerprint density at radius 1 is 1.17 bits per heavy atom. The lowest BCUT2D eigenvalue weighted by Crippen LogP contribution is -2.61. The first-order chi connectivity index (χ1) is 16.8. The molecule has 36 heavy (non-hydrogen) atoms. The number of nitrogens with zero attached hydrogens (tertiary/aromatic N) is 3. The molecule has 11 heteroatoms. The first-order valence-electron chi connectivity index (χ1n) is 11.6. The van der Waals surface area contributed by atoms with E-state index in [0.29, 0.717) is 30.9 Å². The molecule has 0 bridgehead atoms. The van der Waals surface area contributed by atoms with E-state index >= 15 is 0 Å². The first-order valence-corrected chi connectivity index (χ1v) is 13.1. The summed E-state index contributed by atoms with van der Waals surface area (Å²) in [7, 11) is -3.94. The molecule has 2 aromatic rings. The van der Waals surface area contributed by atoms with Gasteiger partial charge < -0.3 is 10.0 Å². The second-order valence-electron chi connectivity index (χ2n) is 9.46. The van der Waals surface area contributed by atoms with Crippen molar-refractivity contribution in [2.45, 2.75) is 55.2 Å². The number of piperazine rings is 1. The number of carboxylic acids is 1. The quantitative estimate of drug-likeness (QED) is 0.577. The fraction of sp³-hybridized carbons (Fsp3) is 0.440. The molecular weight excluding hydrogens is 495 g/mol. The van der Waals surface area contributed by atoms with E-state index in [1.54, 1.807) is 12.1 Å². The van der Waals surface area contributed by atoms with Gasteiger partial charge in [0.2, 0.25) is 0 Å². The standard InChI is InChI=1S/C25H28F3N3O4S/c1-4-23(36(34,35)21-7-5-6-17-10-18(24(32)33)11-20(17)21)31-15(2)13-30(14-16(31)3)22-9-8-19(12-29-22)25(26,27)28/h4-9,12,15-16,18,23H,1,10-11,13-14H2,2-3H3,(H,32,33). The molecule has 1 fully saturated rings. The number of carboxylic acid groups (broad SMARTS) is 1. The number of aromatic nitrogens is 1. The summed E-state index contributed by atoms with van der Waals surface area (Å²) >= 11 is 0. The summed E-state index contributed by atoms with van der Waals surface area (Å²) in [5, 5.41) is 8.39. The lowest BCUT2D eigenvalue weighted by molar-refractivity contribution is -0.141. The highest BCUT2D eigenvalue weighted by Gasteiger charge is 2.42. The van der Waals surface area contributed by atoms with Crippen LogP contribution < -0.4 is 4.90 Å². The molecule has 1 aliphatic heterocycles. The van der Waals surface area contributed by atoms with E-state index in [4.69, 9.17) is 0 Å².